The van der Waals surface area contributed by atoms with Crippen LogP contribution in [0.1, 0.15) is 42.5 Å². The van der Waals surface area contributed by atoms with Crippen LogP contribution in [0, 0.1) is 18.3 Å². The quantitative estimate of drug-likeness (QED) is 0.332. The van der Waals surface area contributed by atoms with Gasteiger partial charge in [0.25, 0.3) is 0 Å². The predicted molar refractivity (Wildman–Crippen MR) is 188 cm³/mol. The van der Waals surface area contributed by atoms with Gasteiger partial charge in [-0.05, 0) is 60.4 Å². The number of urea groups is 1. The molecule has 10 nitrogen and oxygen atoms in total. The van der Waals surface area contributed by atoms with Gasteiger partial charge in [-0.1, -0.05) is 42.3 Å². The van der Waals surface area contributed by atoms with Crippen molar-refractivity contribution in [2.24, 2.45) is 5.92 Å². The lowest BCUT2D eigenvalue weighted by molar-refractivity contribution is -0.0672. The predicted octanol–water partition coefficient (Wildman–Crippen LogP) is 3.85. The minimum Gasteiger partial charge on any atom is -0.393 e. The Morgan fingerprint density at radius 2 is 1.69 bits per heavy atom. The second kappa shape index (κ2) is 13.8. The van der Waals surface area contributed by atoms with E-state index in [1.165, 1.54) is 0 Å². The summed E-state index contributed by atoms with van der Waals surface area (Å²) in [6.07, 6.45) is 11.6. The Balaban J connectivity index is 1.22. The molecule has 1 N–H and O–H groups in total. The lowest BCUT2D eigenvalue weighted by Gasteiger charge is -2.39. The molecule has 0 bridgehead atoms. The second-order valence-electron chi connectivity index (χ2n) is 13.9. The van der Waals surface area contributed by atoms with Crippen LogP contribution in [-0.4, -0.2) is 126 Å². The summed E-state index contributed by atoms with van der Waals surface area (Å²) in [5.41, 5.74) is 3.23. The Bertz CT molecular complexity index is 1690. The number of terminal acetylenes is 1. The highest BCUT2D eigenvalue weighted by Gasteiger charge is 2.44. The Morgan fingerprint density at radius 3 is 2.35 bits per heavy atom. The molecule has 1 saturated carbocycles. The molecule has 3 aromatic rings. The molecule has 1 atom stereocenters. The molecule has 48 heavy (non-hydrogen) atoms. The third-order valence-corrected chi connectivity index (χ3v) is 10.4. The summed E-state index contributed by atoms with van der Waals surface area (Å²) in [6.45, 7) is 8.10. The molecular weight excluding hydrogens is 602 g/mol. The first-order valence-electron chi connectivity index (χ1n) is 17.4. The molecule has 3 fully saturated rings. The molecule has 0 spiro atoms. The maximum atomic E-state index is 12.5. The number of carbonyl (C=O) groups is 1. The Hall–Kier alpha value is -4.01. The lowest BCUT2D eigenvalue weighted by Crippen LogP contribution is -2.49. The van der Waals surface area contributed by atoms with Crippen molar-refractivity contribution in [2.75, 3.05) is 84.5 Å². The van der Waals surface area contributed by atoms with Crippen molar-refractivity contribution >= 4 is 28.5 Å². The van der Waals surface area contributed by atoms with Gasteiger partial charge < -0.3 is 29.4 Å². The van der Waals surface area contributed by atoms with Gasteiger partial charge >= 0.3 is 6.03 Å². The first kappa shape index (κ1) is 32.5. The van der Waals surface area contributed by atoms with E-state index in [-0.39, 0.29) is 18.7 Å². The Kier molecular flexibility index (Phi) is 9.38. The number of likely N-dealkylation sites (N-methyl/N-ethyl adjacent to an activating group) is 1. The van der Waals surface area contributed by atoms with Crippen LogP contribution in [0.5, 0.6) is 0 Å². The van der Waals surface area contributed by atoms with Crippen LogP contribution in [0.25, 0.3) is 16.5 Å². The summed E-state index contributed by atoms with van der Waals surface area (Å²) in [5.74, 6) is 4.09. The number of piperidine rings is 1. The van der Waals surface area contributed by atoms with E-state index in [4.69, 9.17) is 21.1 Å². The highest BCUT2D eigenvalue weighted by molar-refractivity contribution is 5.89. The van der Waals surface area contributed by atoms with Crippen LogP contribution in [0.4, 0.5) is 10.7 Å². The minimum atomic E-state index is -1.15. The summed E-state index contributed by atoms with van der Waals surface area (Å²) in [5, 5.41) is 12.1. The van der Waals surface area contributed by atoms with Crippen LogP contribution in [0.3, 0.4) is 0 Å². The van der Waals surface area contributed by atoms with Gasteiger partial charge in [0.1, 0.15) is 0 Å². The monoisotopic (exact) mass is 649 g/mol. The highest BCUT2D eigenvalue weighted by Crippen LogP contribution is 2.43. The summed E-state index contributed by atoms with van der Waals surface area (Å²) in [7, 11) is 3.59. The van der Waals surface area contributed by atoms with Crippen molar-refractivity contribution in [3.05, 3.63) is 71.6 Å². The van der Waals surface area contributed by atoms with E-state index in [2.05, 4.69) is 32.8 Å². The number of piperazine rings is 1. The molecule has 7 rings (SSSR count). The zero-order valence-corrected chi connectivity index (χ0v) is 28.2. The van der Waals surface area contributed by atoms with Crippen molar-refractivity contribution < 1.29 is 14.6 Å². The van der Waals surface area contributed by atoms with Gasteiger partial charge in [-0.2, -0.15) is 0 Å². The number of ether oxygens (including phenoxy) is 1. The van der Waals surface area contributed by atoms with Crippen LogP contribution in [-0.2, 0) is 10.3 Å². The number of hydrogen-bond acceptors (Lipinski definition) is 8. The van der Waals surface area contributed by atoms with Crippen LogP contribution < -0.4 is 4.90 Å². The summed E-state index contributed by atoms with van der Waals surface area (Å²) >= 11 is 0. The van der Waals surface area contributed by atoms with Crippen molar-refractivity contribution in [3.8, 4) is 12.3 Å². The maximum absolute atomic E-state index is 12.5. The molecule has 4 heterocycles. The first-order valence-corrected chi connectivity index (χ1v) is 17.4. The zero-order chi connectivity index (χ0) is 33.3. The molecule has 1 aliphatic carbocycles. The van der Waals surface area contributed by atoms with Crippen LogP contribution in [0.2, 0.25) is 0 Å². The molecule has 0 radical (unpaired) electrons. The number of amides is 2. The molecule has 10 heteroatoms. The van der Waals surface area contributed by atoms with E-state index in [0.717, 1.165) is 106 Å². The number of anilines is 1. The zero-order valence-electron chi connectivity index (χ0n) is 28.2. The van der Waals surface area contributed by atoms with Gasteiger partial charge in [-0.3, -0.25) is 4.90 Å². The summed E-state index contributed by atoms with van der Waals surface area (Å²) in [4.78, 5) is 33.5. The highest BCUT2D eigenvalue weighted by atomic mass is 16.5. The van der Waals surface area contributed by atoms with Gasteiger partial charge in [0.15, 0.2) is 5.60 Å². The number of rotatable bonds is 10. The Labute approximate surface area is 284 Å². The van der Waals surface area contributed by atoms with Crippen LogP contribution in [0.15, 0.2) is 54.7 Å². The number of hydrogen-bond donors (Lipinski definition) is 1. The van der Waals surface area contributed by atoms with Crippen LogP contribution >= 0.6 is 0 Å². The lowest BCUT2D eigenvalue weighted by atomic mass is 9.87. The molecule has 1 aromatic heterocycles. The van der Waals surface area contributed by atoms with Gasteiger partial charge in [-0.25, -0.2) is 14.8 Å². The van der Waals surface area contributed by atoms with Gasteiger partial charge in [-0.15, -0.1) is 6.42 Å². The van der Waals surface area contributed by atoms with Crippen molar-refractivity contribution in [1.29, 1.82) is 0 Å². The van der Waals surface area contributed by atoms with Gasteiger partial charge in [0.05, 0.1) is 30.5 Å². The van der Waals surface area contributed by atoms with Crippen molar-refractivity contribution in [3.63, 3.8) is 0 Å². The SMILES string of the molecule is C#CCN1CCN(CC2CCN(c3nc(C(CO)(OC4CC4)c4ccccc4)c4cc(C5=CN(C)C(=O)N(C)C5)ccc4n3)CC2)CC1. The summed E-state index contributed by atoms with van der Waals surface area (Å²) < 4.78 is 6.82. The average molecular weight is 650 g/mol. The number of nitrogens with zero attached hydrogens (tertiary/aromatic N) is 7. The number of carbonyl (C=O) groups excluding carboxylic acids is 1. The standard InChI is InChI=1S/C38H47N7O3/c1-4-16-43-19-21-44(22-20-43)24-28-14-17-45(18-15-28)36-39-34-13-10-29(30-25-41(2)37(47)42(3)26-30)23-33(34)35(40-36)38(27-46,48-32-11-12-32)31-8-6-5-7-9-31/h1,5-10,13,23,25,28,32,46H,11-12,14-22,24,26-27H2,2-3H3. The fraction of sp³-hybridized carbons (Fsp3) is 0.500. The maximum Gasteiger partial charge on any atom is 0.323 e. The molecule has 252 valence electrons. The second-order valence-corrected chi connectivity index (χ2v) is 13.9. The van der Waals surface area contributed by atoms with E-state index >= 15 is 0 Å². The fourth-order valence-electron chi connectivity index (χ4n) is 7.43. The molecule has 2 amide bonds. The van der Waals surface area contributed by atoms with Gasteiger partial charge in [0.2, 0.25) is 5.95 Å². The number of aliphatic hydroxyl groups is 1. The van der Waals surface area contributed by atoms with E-state index < -0.39 is 5.60 Å². The van der Waals surface area contributed by atoms with E-state index in [0.29, 0.717) is 24.1 Å². The third-order valence-electron chi connectivity index (χ3n) is 10.4. The first-order chi connectivity index (χ1) is 23.4. The molecule has 2 aromatic carbocycles. The molecule has 2 saturated heterocycles. The number of fused-ring (bicyclic) bond motifs is 1. The van der Waals surface area contributed by atoms with Crippen molar-refractivity contribution in [1.82, 2.24) is 29.6 Å². The normalized spacial score (nSPS) is 21.3. The number of aliphatic hydroxyl groups excluding tert-OH is 1. The largest absolute Gasteiger partial charge is 0.393 e. The number of benzene rings is 2. The Morgan fingerprint density at radius 1 is 0.958 bits per heavy atom. The van der Waals surface area contributed by atoms with Gasteiger partial charge in [0, 0.05) is 78.0 Å². The van der Waals surface area contributed by atoms with Crippen molar-refractivity contribution in [2.45, 2.75) is 37.4 Å². The summed E-state index contributed by atoms with van der Waals surface area (Å²) in [6, 6.07) is 16.2. The van der Waals surface area contributed by atoms with E-state index in [1.54, 1.807) is 16.8 Å². The fourth-order valence-corrected chi connectivity index (χ4v) is 7.43. The molecule has 4 aliphatic rings. The molecule has 3 aliphatic heterocycles. The van der Waals surface area contributed by atoms with E-state index in [1.807, 2.05) is 49.6 Å². The smallest absolute Gasteiger partial charge is 0.323 e. The molecular formula is C38H47N7O3. The topological polar surface area (TPSA) is 88.5 Å². The van der Waals surface area contributed by atoms with E-state index in [9.17, 15) is 9.90 Å². The minimum absolute atomic E-state index is 0.0409. The third kappa shape index (κ3) is 6.65. The molecule has 1 unspecified atom stereocenters. The number of aromatic nitrogens is 2. The average Bonchev–Trinajstić information content (AvgIpc) is 3.94.